The standard InChI is InChI=1S/C13H24N2O/c1-4-6-11-14-12(9(3)5-2)13(16)15(11)10-7-8-10/h9-12,14H,4-8H2,1-3H3. The van der Waals surface area contributed by atoms with Crippen molar-refractivity contribution in [2.75, 3.05) is 0 Å². The fraction of sp³-hybridized carbons (Fsp3) is 0.923. The lowest BCUT2D eigenvalue weighted by atomic mass is 9.99. The molecule has 0 aromatic rings. The first-order chi connectivity index (χ1) is 7.69. The third-order valence-corrected chi connectivity index (χ3v) is 3.94. The summed E-state index contributed by atoms with van der Waals surface area (Å²) in [5.74, 6) is 0.811. The summed E-state index contributed by atoms with van der Waals surface area (Å²) in [5, 5.41) is 3.54. The molecule has 1 amide bonds. The molecule has 3 atom stereocenters. The first-order valence-corrected chi connectivity index (χ1v) is 6.77. The van der Waals surface area contributed by atoms with Crippen molar-refractivity contribution in [3.63, 3.8) is 0 Å². The van der Waals surface area contributed by atoms with Crippen LogP contribution in [0, 0.1) is 5.92 Å². The van der Waals surface area contributed by atoms with Crippen LogP contribution in [-0.4, -0.2) is 29.1 Å². The molecule has 0 bridgehead atoms. The molecular weight excluding hydrogens is 200 g/mol. The number of nitrogens with one attached hydrogen (secondary N) is 1. The SMILES string of the molecule is CCCC1NC(C(C)CC)C(=O)N1C1CC1. The van der Waals surface area contributed by atoms with E-state index in [0.717, 1.165) is 19.3 Å². The summed E-state index contributed by atoms with van der Waals surface area (Å²) in [7, 11) is 0. The molecule has 1 N–H and O–H groups in total. The Bertz CT molecular complexity index is 263. The Kier molecular flexibility index (Phi) is 3.53. The van der Waals surface area contributed by atoms with E-state index in [-0.39, 0.29) is 6.04 Å². The number of hydrogen-bond donors (Lipinski definition) is 1. The quantitative estimate of drug-likeness (QED) is 0.776. The van der Waals surface area contributed by atoms with Crippen LogP contribution in [0.1, 0.15) is 52.9 Å². The van der Waals surface area contributed by atoms with Crippen molar-refractivity contribution in [3.8, 4) is 0 Å². The van der Waals surface area contributed by atoms with E-state index in [1.54, 1.807) is 0 Å². The highest BCUT2D eigenvalue weighted by Gasteiger charge is 2.46. The zero-order valence-corrected chi connectivity index (χ0v) is 10.7. The molecule has 16 heavy (non-hydrogen) atoms. The molecule has 0 spiro atoms. The topological polar surface area (TPSA) is 32.3 Å². The average Bonchev–Trinajstić information content (AvgIpc) is 3.04. The Morgan fingerprint density at radius 3 is 2.62 bits per heavy atom. The predicted octanol–water partition coefficient (Wildman–Crippen LogP) is 2.12. The van der Waals surface area contributed by atoms with Gasteiger partial charge in [-0.15, -0.1) is 0 Å². The van der Waals surface area contributed by atoms with Gasteiger partial charge in [-0.05, 0) is 25.2 Å². The van der Waals surface area contributed by atoms with E-state index in [1.165, 1.54) is 12.8 Å². The third kappa shape index (κ3) is 2.10. The molecule has 2 fully saturated rings. The normalized spacial score (nSPS) is 32.2. The molecular formula is C13H24N2O. The van der Waals surface area contributed by atoms with Crippen molar-refractivity contribution in [2.45, 2.75) is 71.1 Å². The summed E-state index contributed by atoms with van der Waals surface area (Å²) in [4.78, 5) is 14.5. The van der Waals surface area contributed by atoms with Gasteiger partial charge in [0, 0.05) is 6.04 Å². The Morgan fingerprint density at radius 1 is 1.44 bits per heavy atom. The highest BCUT2D eigenvalue weighted by atomic mass is 16.2. The maximum absolute atomic E-state index is 12.3. The molecule has 1 heterocycles. The largest absolute Gasteiger partial charge is 0.323 e. The molecule has 92 valence electrons. The van der Waals surface area contributed by atoms with Gasteiger partial charge in [0.15, 0.2) is 0 Å². The van der Waals surface area contributed by atoms with Gasteiger partial charge >= 0.3 is 0 Å². The second kappa shape index (κ2) is 4.74. The highest BCUT2D eigenvalue weighted by molar-refractivity contribution is 5.85. The van der Waals surface area contributed by atoms with Crippen LogP contribution in [0.4, 0.5) is 0 Å². The van der Waals surface area contributed by atoms with E-state index in [0.29, 0.717) is 24.0 Å². The van der Waals surface area contributed by atoms with E-state index < -0.39 is 0 Å². The van der Waals surface area contributed by atoms with Gasteiger partial charge < -0.3 is 4.90 Å². The van der Waals surface area contributed by atoms with Gasteiger partial charge in [0.25, 0.3) is 0 Å². The lowest BCUT2D eigenvalue weighted by Crippen LogP contribution is -2.38. The lowest BCUT2D eigenvalue weighted by Gasteiger charge is -2.23. The van der Waals surface area contributed by atoms with Crippen LogP contribution in [0.15, 0.2) is 0 Å². The maximum atomic E-state index is 12.3. The number of carbonyl (C=O) groups excluding carboxylic acids is 1. The van der Waals surface area contributed by atoms with Gasteiger partial charge in [0.2, 0.25) is 5.91 Å². The number of hydrogen-bond acceptors (Lipinski definition) is 2. The van der Waals surface area contributed by atoms with Gasteiger partial charge in [-0.25, -0.2) is 0 Å². The van der Waals surface area contributed by atoms with Gasteiger partial charge in [-0.3, -0.25) is 10.1 Å². The fourth-order valence-corrected chi connectivity index (χ4v) is 2.60. The van der Waals surface area contributed by atoms with E-state index in [4.69, 9.17) is 0 Å². The number of carbonyl (C=O) groups is 1. The number of nitrogens with zero attached hydrogens (tertiary/aromatic N) is 1. The summed E-state index contributed by atoms with van der Waals surface area (Å²) >= 11 is 0. The minimum absolute atomic E-state index is 0.0714. The second-order valence-corrected chi connectivity index (χ2v) is 5.31. The second-order valence-electron chi connectivity index (χ2n) is 5.31. The molecule has 0 aromatic carbocycles. The number of rotatable bonds is 5. The fourth-order valence-electron chi connectivity index (χ4n) is 2.60. The van der Waals surface area contributed by atoms with E-state index >= 15 is 0 Å². The molecule has 1 saturated carbocycles. The monoisotopic (exact) mass is 224 g/mol. The summed E-state index contributed by atoms with van der Waals surface area (Å²) in [6.07, 6.45) is 6.03. The maximum Gasteiger partial charge on any atom is 0.241 e. The first kappa shape index (κ1) is 11.9. The third-order valence-electron chi connectivity index (χ3n) is 3.94. The molecule has 1 saturated heterocycles. The molecule has 0 aromatic heterocycles. The van der Waals surface area contributed by atoms with Crippen molar-refractivity contribution < 1.29 is 4.79 Å². The summed E-state index contributed by atoms with van der Waals surface area (Å²) in [5.41, 5.74) is 0. The van der Waals surface area contributed by atoms with Gasteiger partial charge in [0.05, 0.1) is 12.2 Å². The Hall–Kier alpha value is -0.570. The predicted molar refractivity (Wildman–Crippen MR) is 64.9 cm³/mol. The van der Waals surface area contributed by atoms with Crippen LogP contribution in [-0.2, 0) is 4.79 Å². The highest BCUT2D eigenvalue weighted by Crippen LogP contribution is 2.34. The van der Waals surface area contributed by atoms with Crippen LogP contribution in [0.2, 0.25) is 0 Å². The molecule has 1 aliphatic heterocycles. The summed E-state index contributed by atoms with van der Waals surface area (Å²) < 4.78 is 0. The van der Waals surface area contributed by atoms with Crippen LogP contribution < -0.4 is 5.32 Å². The zero-order chi connectivity index (χ0) is 11.7. The van der Waals surface area contributed by atoms with Crippen LogP contribution in [0.5, 0.6) is 0 Å². The Balaban J connectivity index is 2.06. The van der Waals surface area contributed by atoms with Gasteiger partial charge in [-0.2, -0.15) is 0 Å². The molecule has 3 nitrogen and oxygen atoms in total. The van der Waals surface area contributed by atoms with Crippen molar-refractivity contribution in [3.05, 3.63) is 0 Å². The van der Waals surface area contributed by atoms with Crippen molar-refractivity contribution >= 4 is 5.91 Å². The van der Waals surface area contributed by atoms with Crippen molar-refractivity contribution in [1.82, 2.24) is 10.2 Å². The van der Waals surface area contributed by atoms with Gasteiger partial charge in [-0.1, -0.05) is 33.6 Å². The number of amides is 1. The van der Waals surface area contributed by atoms with Gasteiger partial charge in [0.1, 0.15) is 0 Å². The van der Waals surface area contributed by atoms with Crippen LogP contribution in [0.25, 0.3) is 0 Å². The smallest absolute Gasteiger partial charge is 0.241 e. The Morgan fingerprint density at radius 2 is 2.12 bits per heavy atom. The van der Waals surface area contributed by atoms with E-state index in [9.17, 15) is 4.79 Å². The van der Waals surface area contributed by atoms with E-state index in [2.05, 4.69) is 31.0 Å². The minimum atomic E-state index is 0.0714. The zero-order valence-electron chi connectivity index (χ0n) is 10.7. The van der Waals surface area contributed by atoms with Crippen molar-refractivity contribution in [1.29, 1.82) is 0 Å². The molecule has 2 aliphatic rings. The molecule has 2 rings (SSSR count). The minimum Gasteiger partial charge on any atom is -0.323 e. The Labute approximate surface area is 98.6 Å². The first-order valence-electron chi connectivity index (χ1n) is 6.77. The molecule has 3 unspecified atom stereocenters. The van der Waals surface area contributed by atoms with E-state index in [1.807, 2.05) is 0 Å². The van der Waals surface area contributed by atoms with Crippen LogP contribution in [0.3, 0.4) is 0 Å². The molecule has 3 heteroatoms. The van der Waals surface area contributed by atoms with Crippen molar-refractivity contribution in [2.24, 2.45) is 5.92 Å². The molecule has 0 radical (unpaired) electrons. The lowest BCUT2D eigenvalue weighted by molar-refractivity contribution is -0.131. The summed E-state index contributed by atoms with van der Waals surface area (Å²) in [6.45, 7) is 6.52. The average molecular weight is 224 g/mol. The summed E-state index contributed by atoms with van der Waals surface area (Å²) in [6, 6.07) is 0.618. The van der Waals surface area contributed by atoms with Crippen LogP contribution >= 0.6 is 0 Å². The molecule has 1 aliphatic carbocycles.